The van der Waals surface area contributed by atoms with Crippen molar-refractivity contribution in [2.24, 2.45) is 0 Å². The fraction of sp³-hybridized carbons (Fsp3) is 0.222. The molecular formula is C18H17NO5S2. The topological polar surface area (TPSA) is 61.1 Å². The van der Waals surface area contributed by atoms with Crippen molar-refractivity contribution >= 4 is 40.3 Å². The molecule has 1 aromatic heterocycles. The zero-order valence-corrected chi connectivity index (χ0v) is 16.1. The van der Waals surface area contributed by atoms with Gasteiger partial charge in [-0.05, 0) is 24.3 Å². The first kappa shape index (κ1) is 18.3. The van der Waals surface area contributed by atoms with Crippen molar-refractivity contribution in [3.63, 3.8) is 0 Å². The van der Waals surface area contributed by atoms with Gasteiger partial charge in [0.25, 0.3) is 5.91 Å². The van der Waals surface area contributed by atoms with Crippen LogP contribution in [-0.4, -0.2) is 36.5 Å². The van der Waals surface area contributed by atoms with Crippen LogP contribution in [0.1, 0.15) is 11.3 Å². The third-order valence-corrected chi connectivity index (χ3v) is 5.17. The first-order chi connectivity index (χ1) is 12.6. The Morgan fingerprint density at radius 2 is 1.85 bits per heavy atom. The summed E-state index contributed by atoms with van der Waals surface area (Å²) in [6.45, 7) is 0.304. The molecule has 1 aromatic carbocycles. The van der Waals surface area contributed by atoms with Crippen molar-refractivity contribution in [2.75, 3.05) is 21.3 Å². The van der Waals surface area contributed by atoms with E-state index >= 15 is 0 Å². The van der Waals surface area contributed by atoms with E-state index < -0.39 is 0 Å². The maximum atomic E-state index is 12.7. The van der Waals surface area contributed by atoms with Gasteiger partial charge in [0.1, 0.15) is 15.8 Å². The highest BCUT2D eigenvalue weighted by atomic mass is 32.2. The standard InChI is InChI=1S/C18H17NO5S2/c1-21-13-9-15(23-3)14(22-2)7-11(13)8-16-17(20)19(18(25)26-16)10-12-5-4-6-24-12/h4-9H,10H2,1-3H3/b16-8+. The monoisotopic (exact) mass is 391 g/mol. The lowest BCUT2D eigenvalue weighted by Gasteiger charge is -2.13. The van der Waals surface area contributed by atoms with Crippen molar-refractivity contribution in [3.05, 3.63) is 46.8 Å². The van der Waals surface area contributed by atoms with Crippen LogP contribution in [0, 0.1) is 0 Å². The van der Waals surface area contributed by atoms with E-state index in [9.17, 15) is 4.79 Å². The zero-order chi connectivity index (χ0) is 18.7. The van der Waals surface area contributed by atoms with Gasteiger partial charge >= 0.3 is 0 Å². The maximum Gasteiger partial charge on any atom is 0.266 e. The summed E-state index contributed by atoms with van der Waals surface area (Å²) in [7, 11) is 4.66. The molecule has 2 aromatic rings. The molecule has 1 aliphatic rings. The van der Waals surface area contributed by atoms with Crippen LogP contribution < -0.4 is 14.2 Å². The van der Waals surface area contributed by atoms with E-state index in [-0.39, 0.29) is 5.91 Å². The minimum absolute atomic E-state index is 0.173. The second-order valence-electron chi connectivity index (χ2n) is 5.30. The van der Waals surface area contributed by atoms with E-state index in [2.05, 4.69) is 0 Å². The number of thioether (sulfide) groups is 1. The molecule has 8 heteroatoms. The van der Waals surface area contributed by atoms with E-state index in [0.29, 0.717) is 44.3 Å². The number of hydrogen-bond acceptors (Lipinski definition) is 7. The van der Waals surface area contributed by atoms with Crippen LogP contribution in [0.2, 0.25) is 0 Å². The number of amides is 1. The Balaban J connectivity index is 1.92. The number of thiocarbonyl (C=S) groups is 1. The molecule has 1 fully saturated rings. The molecule has 0 N–H and O–H groups in total. The largest absolute Gasteiger partial charge is 0.496 e. The Morgan fingerprint density at radius 1 is 1.15 bits per heavy atom. The highest BCUT2D eigenvalue weighted by molar-refractivity contribution is 8.26. The molecule has 0 unspecified atom stereocenters. The van der Waals surface area contributed by atoms with Crippen LogP contribution in [0.4, 0.5) is 0 Å². The van der Waals surface area contributed by atoms with Gasteiger partial charge in [0.05, 0.1) is 39.0 Å². The average Bonchev–Trinajstić information content (AvgIpc) is 3.25. The third-order valence-electron chi connectivity index (χ3n) is 3.79. The summed E-state index contributed by atoms with van der Waals surface area (Å²) in [5.41, 5.74) is 0.698. The first-order valence-electron chi connectivity index (χ1n) is 7.65. The van der Waals surface area contributed by atoms with Gasteiger partial charge < -0.3 is 18.6 Å². The van der Waals surface area contributed by atoms with Crippen LogP contribution in [-0.2, 0) is 11.3 Å². The molecule has 6 nitrogen and oxygen atoms in total. The quantitative estimate of drug-likeness (QED) is 0.549. The van der Waals surface area contributed by atoms with Gasteiger partial charge in [0.15, 0.2) is 11.5 Å². The van der Waals surface area contributed by atoms with Gasteiger partial charge in [0.2, 0.25) is 0 Å². The van der Waals surface area contributed by atoms with Crippen molar-refractivity contribution in [3.8, 4) is 17.2 Å². The van der Waals surface area contributed by atoms with E-state index in [4.69, 9.17) is 30.8 Å². The lowest BCUT2D eigenvalue weighted by Crippen LogP contribution is -2.27. The van der Waals surface area contributed by atoms with Gasteiger partial charge in [-0.25, -0.2) is 0 Å². The lowest BCUT2D eigenvalue weighted by molar-refractivity contribution is -0.122. The van der Waals surface area contributed by atoms with Crippen LogP contribution in [0.25, 0.3) is 6.08 Å². The van der Waals surface area contributed by atoms with Crippen molar-refractivity contribution in [1.82, 2.24) is 4.90 Å². The molecule has 0 aliphatic carbocycles. The number of ether oxygens (including phenoxy) is 3. The first-order valence-corrected chi connectivity index (χ1v) is 8.87. The Hall–Kier alpha value is -2.45. The molecule has 0 spiro atoms. The van der Waals surface area contributed by atoms with Gasteiger partial charge in [-0.2, -0.15) is 0 Å². The van der Waals surface area contributed by atoms with Crippen molar-refractivity contribution < 1.29 is 23.4 Å². The second kappa shape index (κ2) is 7.84. The predicted octanol–water partition coefficient (Wildman–Crippen LogP) is 3.71. The van der Waals surface area contributed by atoms with E-state index in [1.807, 2.05) is 0 Å². The number of furan rings is 1. The Morgan fingerprint density at radius 3 is 2.46 bits per heavy atom. The molecular weight excluding hydrogens is 374 g/mol. The van der Waals surface area contributed by atoms with Crippen LogP contribution >= 0.6 is 24.0 Å². The fourth-order valence-corrected chi connectivity index (χ4v) is 3.75. The zero-order valence-electron chi connectivity index (χ0n) is 14.5. The minimum atomic E-state index is -0.173. The molecule has 26 heavy (non-hydrogen) atoms. The van der Waals surface area contributed by atoms with Crippen LogP contribution in [0.3, 0.4) is 0 Å². The lowest BCUT2D eigenvalue weighted by atomic mass is 10.1. The van der Waals surface area contributed by atoms with E-state index in [1.54, 1.807) is 57.9 Å². The molecule has 2 heterocycles. The average molecular weight is 391 g/mol. The summed E-state index contributed by atoms with van der Waals surface area (Å²) >= 11 is 6.58. The SMILES string of the molecule is COc1cc(OC)c(OC)cc1/C=C1/SC(=S)N(Cc2ccco2)C1=O. The third kappa shape index (κ3) is 3.56. The Kier molecular flexibility index (Phi) is 5.53. The van der Waals surface area contributed by atoms with Gasteiger partial charge in [0, 0.05) is 11.6 Å². The van der Waals surface area contributed by atoms with Gasteiger partial charge in [-0.1, -0.05) is 24.0 Å². The molecule has 0 saturated carbocycles. The number of benzene rings is 1. The minimum Gasteiger partial charge on any atom is -0.496 e. The molecule has 1 saturated heterocycles. The second-order valence-corrected chi connectivity index (χ2v) is 6.97. The maximum absolute atomic E-state index is 12.7. The molecule has 0 radical (unpaired) electrons. The van der Waals surface area contributed by atoms with Gasteiger partial charge in [-0.3, -0.25) is 9.69 Å². The molecule has 3 rings (SSSR count). The summed E-state index contributed by atoms with van der Waals surface area (Å²) in [4.78, 5) is 14.8. The number of carbonyl (C=O) groups excluding carboxylic acids is 1. The van der Waals surface area contributed by atoms with E-state index in [0.717, 1.165) is 0 Å². The highest BCUT2D eigenvalue weighted by Gasteiger charge is 2.33. The number of methoxy groups -OCH3 is 3. The molecule has 0 atom stereocenters. The smallest absolute Gasteiger partial charge is 0.266 e. The predicted molar refractivity (Wildman–Crippen MR) is 104 cm³/mol. The Bertz CT molecular complexity index is 861. The summed E-state index contributed by atoms with van der Waals surface area (Å²) < 4.78 is 21.8. The van der Waals surface area contributed by atoms with E-state index in [1.165, 1.54) is 16.7 Å². The molecule has 1 aliphatic heterocycles. The molecule has 1 amide bonds. The number of rotatable bonds is 6. The summed E-state index contributed by atoms with van der Waals surface area (Å²) in [5.74, 6) is 2.16. The Labute approximate surface area is 160 Å². The highest BCUT2D eigenvalue weighted by Crippen LogP contribution is 2.39. The molecule has 136 valence electrons. The number of carbonyl (C=O) groups is 1. The van der Waals surface area contributed by atoms with Crippen molar-refractivity contribution in [1.29, 1.82) is 0 Å². The normalized spacial score (nSPS) is 15.7. The van der Waals surface area contributed by atoms with Crippen LogP contribution in [0.5, 0.6) is 17.2 Å². The summed E-state index contributed by atoms with van der Waals surface area (Å²) in [6.07, 6.45) is 3.31. The summed E-state index contributed by atoms with van der Waals surface area (Å²) in [5, 5.41) is 0. The van der Waals surface area contributed by atoms with Crippen LogP contribution in [0.15, 0.2) is 39.9 Å². The van der Waals surface area contributed by atoms with Crippen molar-refractivity contribution in [2.45, 2.75) is 6.54 Å². The number of nitrogens with zero attached hydrogens (tertiary/aromatic N) is 1. The fourth-order valence-electron chi connectivity index (χ4n) is 2.50. The number of hydrogen-bond donors (Lipinski definition) is 0. The summed E-state index contributed by atoms with van der Waals surface area (Å²) in [6, 6.07) is 7.06. The van der Waals surface area contributed by atoms with Gasteiger partial charge in [-0.15, -0.1) is 0 Å². The molecule has 0 bridgehead atoms.